The van der Waals surface area contributed by atoms with Crippen LogP contribution in [0.15, 0.2) is 47.1 Å². The van der Waals surface area contributed by atoms with Crippen LogP contribution in [0.3, 0.4) is 0 Å². The number of furan rings is 1. The second kappa shape index (κ2) is 6.28. The molecule has 0 saturated carbocycles. The second-order valence-electron chi connectivity index (χ2n) is 4.80. The number of aryl methyl sites for hydroxylation is 1. The van der Waals surface area contributed by atoms with Crippen molar-refractivity contribution in [2.45, 2.75) is 19.9 Å². The lowest BCUT2D eigenvalue weighted by Gasteiger charge is -2.23. The predicted octanol–water partition coefficient (Wildman–Crippen LogP) is 3.19. The number of amides is 1. The molecule has 1 amide bonds. The number of carbonyl (C=O) groups is 1. The van der Waals surface area contributed by atoms with Gasteiger partial charge in [0.25, 0.3) is 5.91 Å². The summed E-state index contributed by atoms with van der Waals surface area (Å²) in [5.41, 5.74) is 1.16. The van der Waals surface area contributed by atoms with Crippen LogP contribution in [0.25, 0.3) is 0 Å². The van der Waals surface area contributed by atoms with Gasteiger partial charge in [-0.05, 0) is 38.1 Å². The standard InChI is InChI=1S/C16H19NO3/c1-12-6-8-14(9-7-12)20-11-16(18)17(3)13(2)15-5-4-10-19-15/h4-10,13H,11H2,1-3H3. The Morgan fingerprint density at radius 3 is 2.60 bits per heavy atom. The van der Waals surface area contributed by atoms with Crippen molar-refractivity contribution in [2.24, 2.45) is 0 Å². The lowest BCUT2D eigenvalue weighted by Crippen LogP contribution is -2.33. The van der Waals surface area contributed by atoms with Crippen LogP contribution in [-0.2, 0) is 4.79 Å². The first kappa shape index (κ1) is 14.2. The van der Waals surface area contributed by atoms with E-state index in [1.165, 1.54) is 0 Å². The highest BCUT2D eigenvalue weighted by Crippen LogP contribution is 2.19. The van der Waals surface area contributed by atoms with Crippen molar-refractivity contribution in [1.29, 1.82) is 0 Å². The molecule has 0 aliphatic heterocycles. The Balaban J connectivity index is 1.89. The fourth-order valence-corrected chi connectivity index (χ4v) is 1.82. The third-order valence-electron chi connectivity index (χ3n) is 3.31. The lowest BCUT2D eigenvalue weighted by molar-refractivity contribution is -0.134. The summed E-state index contributed by atoms with van der Waals surface area (Å²) < 4.78 is 10.8. The van der Waals surface area contributed by atoms with Crippen molar-refractivity contribution in [1.82, 2.24) is 4.90 Å². The molecular weight excluding hydrogens is 254 g/mol. The van der Waals surface area contributed by atoms with E-state index in [1.54, 1.807) is 18.2 Å². The molecule has 0 fully saturated rings. The summed E-state index contributed by atoms with van der Waals surface area (Å²) >= 11 is 0. The fourth-order valence-electron chi connectivity index (χ4n) is 1.82. The Kier molecular flexibility index (Phi) is 4.45. The first-order valence-electron chi connectivity index (χ1n) is 6.56. The van der Waals surface area contributed by atoms with E-state index in [1.807, 2.05) is 50.2 Å². The van der Waals surface area contributed by atoms with Gasteiger partial charge in [-0.2, -0.15) is 0 Å². The number of hydrogen-bond acceptors (Lipinski definition) is 3. The minimum Gasteiger partial charge on any atom is -0.484 e. The summed E-state index contributed by atoms with van der Waals surface area (Å²) in [7, 11) is 1.74. The molecule has 0 radical (unpaired) electrons. The molecule has 2 rings (SSSR count). The molecule has 1 atom stereocenters. The van der Waals surface area contributed by atoms with Crippen molar-refractivity contribution in [2.75, 3.05) is 13.7 Å². The van der Waals surface area contributed by atoms with Gasteiger partial charge in [0.2, 0.25) is 0 Å². The Hall–Kier alpha value is -2.23. The van der Waals surface area contributed by atoms with Crippen LogP contribution >= 0.6 is 0 Å². The summed E-state index contributed by atoms with van der Waals surface area (Å²) in [5.74, 6) is 1.37. The van der Waals surface area contributed by atoms with Gasteiger partial charge >= 0.3 is 0 Å². The number of rotatable bonds is 5. The predicted molar refractivity (Wildman–Crippen MR) is 76.6 cm³/mol. The number of benzene rings is 1. The molecule has 4 heteroatoms. The highest BCUT2D eigenvalue weighted by molar-refractivity contribution is 5.77. The van der Waals surface area contributed by atoms with Gasteiger partial charge in [0.05, 0.1) is 12.3 Å². The van der Waals surface area contributed by atoms with Gasteiger partial charge in [0.1, 0.15) is 11.5 Å². The number of likely N-dealkylation sites (N-methyl/N-ethyl adjacent to an activating group) is 1. The molecule has 0 aliphatic carbocycles. The van der Waals surface area contributed by atoms with Crippen molar-refractivity contribution < 1.29 is 13.9 Å². The second-order valence-corrected chi connectivity index (χ2v) is 4.80. The molecule has 1 unspecified atom stereocenters. The van der Waals surface area contributed by atoms with Crippen molar-refractivity contribution >= 4 is 5.91 Å². The SMILES string of the molecule is Cc1ccc(OCC(=O)N(C)C(C)c2ccco2)cc1. The zero-order valence-electron chi connectivity index (χ0n) is 12.0. The minimum atomic E-state index is -0.112. The van der Waals surface area contributed by atoms with Crippen LogP contribution in [0.1, 0.15) is 24.3 Å². The Morgan fingerprint density at radius 1 is 1.30 bits per heavy atom. The van der Waals surface area contributed by atoms with E-state index in [4.69, 9.17) is 9.15 Å². The average Bonchev–Trinajstić information content (AvgIpc) is 2.99. The molecule has 1 aromatic carbocycles. The smallest absolute Gasteiger partial charge is 0.260 e. The van der Waals surface area contributed by atoms with E-state index >= 15 is 0 Å². The third kappa shape index (κ3) is 3.41. The van der Waals surface area contributed by atoms with E-state index in [0.29, 0.717) is 5.75 Å². The summed E-state index contributed by atoms with van der Waals surface area (Å²) in [6.45, 7) is 3.95. The van der Waals surface area contributed by atoms with Gasteiger partial charge in [0.15, 0.2) is 6.61 Å². The van der Waals surface area contributed by atoms with Crippen LogP contribution < -0.4 is 4.74 Å². The van der Waals surface area contributed by atoms with Crippen molar-refractivity contribution in [3.63, 3.8) is 0 Å². The van der Waals surface area contributed by atoms with Gasteiger partial charge in [-0.1, -0.05) is 17.7 Å². The summed E-state index contributed by atoms with van der Waals surface area (Å²) in [5, 5.41) is 0. The van der Waals surface area contributed by atoms with Crippen LogP contribution in [0.4, 0.5) is 0 Å². The molecule has 0 aliphatic rings. The molecule has 2 aromatic rings. The van der Waals surface area contributed by atoms with Gasteiger partial charge in [-0.3, -0.25) is 4.79 Å². The average molecular weight is 273 g/mol. The molecule has 0 bridgehead atoms. The summed E-state index contributed by atoms with van der Waals surface area (Å²) in [6.07, 6.45) is 1.60. The number of ether oxygens (including phenoxy) is 1. The molecule has 1 aromatic heterocycles. The maximum absolute atomic E-state index is 12.1. The third-order valence-corrected chi connectivity index (χ3v) is 3.31. The molecule has 1 heterocycles. The van der Waals surface area contributed by atoms with Gasteiger partial charge in [0, 0.05) is 7.05 Å². The number of nitrogens with zero attached hydrogens (tertiary/aromatic N) is 1. The molecule has 0 spiro atoms. The van der Waals surface area contributed by atoms with E-state index in [2.05, 4.69) is 0 Å². The van der Waals surface area contributed by atoms with E-state index < -0.39 is 0 Å². The van der Waals surface area contributed by atoms with Crippen molar-refractivity contribution in [3.05, 3.63) is 54.0 Å². The zero-order chi connectivity index (χ0) is 14.5. The Bertz CT molecular complexity index is 546. The first-order valence-corrected chi connectivity index (χ1v) is 6.56. The largest absolute Gasteiger partial charge is 0.484 e. The van der Waals surface area contributed by atoms with Gasteiger partial charge in [-0.25, -0.2) is 0 Å². The summed E-state index contributed by atoms with van der Waals surface area (Å²) in [4.78, 5) is 13.7. The highest BCUT2D eigenvalue weighted by atomic mass is 16.5. The molecule has 106 valence electrons. The van der Waals surface area contributed by atoms with Gasteiger partial charge in [-0.15, -0.1) is 0 Å². The van der Waals surface area contributed by atoms with E-state index in [-0.39, 0.29) is 18.6 Å². The van der Waals surface area contributed by atoms with Crippen molar-refractivity contribution in [3.8, 4) is 5.75 Å². The van der Waals surface area contributed by atoms with Crippen LogP contribution in [0, 0.1) is 6.92 Å². The van der Waals surface area contributed by atoms with Crippen LogP contribution in [-0.4, -0.2) is 24.5 Å². The summed E-state index contributed by atoms with van der Waals surface area (Å²) in [6, 6.07) is 11.2. The first-order chi connectivity index (χ1) is 9.58. The highest BCUT2D eigenvalue weighted by Gasteiger charge is 2.19. The van der Waals surface area contributed by atoms with Crippen LogP contribution in [0.5, 0.6) is 5.75 Å². The maximum atomic E-state index is 12.1. The van der Waals surface area contributed by atoms with Crippen LogP contribution in [0.2, 0.25) is 0 Å². The number of hydrogen-bond donors (Lipinski definition) is 0. The monoisotopic (exact) mass is 273 g/mol. The van der Waals surface area contributed by atoms with E-state index in [9.17, 15) is 4.79 Å². The normalized spacial score (nSPS) is 11.9. The molecule has 20 heavy (non-hydrogen) atoms. The Morgan fingerprint density at radius 2 is 2.00 bits per heavy atom. The lowest BCUT2D eigenvalue weighted by atomic mass is 10.2. The van der Waals surface area contributed by atoms with Gasteiger partial charge < -0.3 is 14.1 Å². The molecular formula is C16H19NO3. The molecule has 4 nitrogen and oxygen atoms in total. The Labute approximate surface area is 119 Å². The fraction of sp³-hybridized carbons (Fsp3) is 0.312. The topological polar surface area (TPSA) is 42.7 Å². The molecule has 0 saturated heterocycles. The van der Waals surface area contributed by atoms with E-state index in [0.717, 1.165) is 11.3 Å². The molecule has 0 N–H and O–H groups in total. The quantitative estimate of drug-likeness (QED) is 0.840. The maximum Gasteiger partial charge on any atom is 0.260 e. The zero-order valence-corrected chi connectivity index (χ0v) is 12.0. The minimum absolute atomic E-state index is 0.0185. The number of carbonyl (C=O) groups excluding carboxylic acids is 1.